The first-order valence-electron chi connectivity index (χ1n) is 7.19. The zero-order valence-electron chi connectivity index (χ0n) is 10.6. The lowest BCUT2D eigenvalue weighted by atomic mass is 9.73. The lowest BCUT2D eigenvalue weighted by Crippen LogP contribution is -2.22. The van der Waals surface area contributed by atoms with Crippen molar-refractivity contribution in [1.29, 1.82) is 0 Å². The summed E-state index contributed by atoms with van der Waals surface area (Å²) in [7, 11) is 0. The molecule has 2 fully saturated rings. The Balaban J connectivity index is 1.57. The van der Waals surface area contributed by atoms with Crippen LogP contribution < -0.4 is 5.32 Å². The summed E-state index contributed by atoms with van der Waals surface area (Å²) in [4.78, 5) is 0. The molecule has 1 atom stereocenters. The third-order valence-corrected chi connectivity index (χ3v) is 4.81. The Hall–Kier alpha value is -0.820. The highest BCUT2D eigenvalue weighted by atomic mass is 14.9. The summed E-state index contributed by atoms with van der Waals surface area (Å²) >= 11 is 0. The molecule has 3 rings (SSSR count). The van der Waals surface area contributed by atoms with E-state index >= 15 is 0 Å². The van der Waals surface area contributed by atoms with Gasteiger partial charge in [-0.3, -0.25) is 0 Å². The molecule has 0 aromatic heterocycles. The Morgan fingerprint density at radius 1 is 0.824 bits per heavy atom. The molecule has 1 aliphatic carbocycles. The van der Waals surface area contributed by atoms with Crippen molar-refractivity contribution in [3.8, 4) is 0 Å². The van der Waals surface area contributed by atoms with Crippen LogP contribution in [0.3, 0.4) is 0 Å². The second-order valence-electron chi connectivity index (χ2n) is 5.78. The first kappa shape index (κ1) is 11.3. The van der Waals surface area contributed by atoms with Crippen LogP contribution in [0, 0.1) is 11.8 Å². The van der Waals surface area contributed by atoms with E-state index in [1.54, 1.807) is 5.56 Å². The van der Waals surface area contributed by atoms with Crippen molar-refractivity contribution in [3.05, 3.63) is 35.9 Å². The first-order valence-corrected chi connectivity index (χ1v) is 7.19. The molecule has 1 unspecified atom stereocenters. The molecule has 1 aromatic rings. The minimum atomic E-state index is 0.835. The Bertz CT molecular complexity index is 332. The molecular formula is C16H23N. The number of rotatable bonds is 2. The van der Waals surface area contributed by atoms with Gasteiger partial charge in [0.25, 0.3) is 0 Å². The third kappa shape index (κ3) is 2.55. The summed E-state index contributed by atoms with van der Waals surface area (Å²) in [6.07, 6.45) is 7.13. The van der Waals surface area contributed by atoms with Crippen LogP contribution in [0.1, 0.15) is 43.6 Å². The molecular weight excluding hydrogens is 206 g/mol. The topological polar surface area (TPSA) is 12.0 Å². The van der Waals surface area contributed by atoms with Gasteiger partial charge >= 0.3 is 0 Å². The maximum Gasteiger partial charge on any atom is -0.00174 e. The van der Waals surface area contributed by atoms with Crippen molar-refractivity contribution in [2.24, 2.45) is 11.8 Å². The van der Waals surface area contributed by atoms with E-state index in [1.807, 2.05) is 0 Å². The normalized spacial score (nSPS) is 33.8. The van der Waals surface area contributed by atoms with Gasteiger partial charge in [-0.05, 0) is 68.5 Å². The highest BCUT2D eigenvalue weighted by Crippen LogP contribution is 2.39. The van der Waals surface area contributed by atoms with Gasteiger partial charge in [0.2, 0.25) is 0 Å². The van der Waals surface area contributed by atoms with Crippen LogP contribution in [0.2, 0.25) is 0 Å². The van der Waals surface area contributed by atoms with Gasteiger partial charge in [0.15, 0.2) is 0 Å². The molecule has 1 aliphatic heterocycles. The summed E-state index contributed by atoms with van der Waals surface area (Å²) in [6.45, 7) is 2.53. The molecule has 1 saturated carbocycles. The van der Waals surface area contributed by atoms with Gasteiger partial charge < -0.3 is 5.32 Å². The zero-order valence-corrected chi connectivity index (χ0v) is 10.6. The van der Waals surface area contributed by atoms with E-state index in [0.29, 0.717) is 0 Å². The lowest BCUT2D eigenvalue weighted by molar-refractivity contribution is 0.245. The molecule has 0 spiro atoms. The van der Waals surface area contributed by atoms with E-state index < -0.39 is 0 Å². The average Bonchev–Trinajstić information content (AvgIpc) is 2.94. The molecule has 1 saturated heterocycles. The standard InChI is InChI=1S/C16H23N/c1-2-4-13(5-3-1)14-6-8-15(9-7-14)16-10-11-17-12-16/h1-5,14-17H,6-12H2. The average molecular weight is 229 g/mol. The fraction of sp³-hybridized carbons (Fsp3) is 0.625. The first-order chi connectivity index (χ1) is 8.43. The number of nitrogens with one attached hydrogen (secondary N) is 1. The molecule has 0 amide bonds. The Labute approximate surface area is 105 Å². The van der Waals surface area contributed by atoms with Crippen molar-refractivity contribution in [3.63, 3.8) is 0 Å². The van der Waals surface area contributed by atoms with Gasteiger partial charge in [0, 0.05) is 0 Å². The Morgan fingerprint density at radius 3 is 2.24 bits per heavy atom. The second-order valence-corrected chi connectivity index (χ2v) is 5.78. The maximum atomic E-state index is 3.51. The molecule has 1 heterocycles. The maximum absolute atomic E-state index is 3.51. The van der Waals surface area contributed by atoms with Crippen LogP contribution in [0.4, 0.5) is 0 Å². The lowest BCUT2D eigenvalue weighted by Gasteiger charge is -2.32. The zero-order chi connectivity index (χ0) is 11.5. The third-order valence-electron chi connectivity index (χ3n) is 4.81. The van der Waals surface area contributed by atoms with E-state index in [0.717, 1.165) is 17.8 Å². The largest absolute Gasteiger partial charge is 0.316 e. The summed E-state index contributed by atoms with van der Waals surface area (Å²) in [5.41, 5.74) is 1.57. The van der Waals surface area contributed by atoms with Crippen LogP contribution in [0.15, 0.2) is 30.3 Å². The van der Waals surface area contributed by atoms with Gasteiger partial charge in [0.1, 0.15) is 0 Å². The summed E-state index contributed by atoms with van der Waals surface area (Å²) in [5.74, 6) is 2.82. The highest BCUT2D eigenvalue weighted by molar-refractivity contribution is 5.19. The fourth-order valence-corrected chi connectivity index (χ4v) is 3.73. The smallest absolute Gasteiger partial charge is 0.00174 e. The van der Waals surface area contributed by atoms with E-state index in [4.69, 9.17) is 0 Å². The molecule has 1 N–H and O–H groups in total. The van der Waals surface area contributed by atoms with Crippen LogP contribution in [0.25, 0.3) is 0 Å². The minimum Gasteiger partial charge on any atom is -0.316 e. The monoisotopic (exact) mass is 229 g/mol. The quantitative estimate of drug-likeness (QED) is 0.817. The number of hydrogen-bond acceptors (Lipinski definition) is 1. The molecule has 2 aliphatic rings. The summed E-state index contributed by atoms with van der Waals surface area (Å²) < 4.78 is 0. The van der Waals surface area contributed by atoms with Crippen LogP contribution in [0.5, 0.6) is 0 Å². The van der Waals surface area contributed by atoms with E-state index in [9.17, 15) is 0 Å². The van der Waals surface area contributed by atoms with Crippen molar-refractivity contribution >= 4 is 0 Å². The van der Waals surface area contributed by atoms with Crippen molar-refractivity contribution in [2.75, 3.05) is 13.1 Å². The predicted molar refractivity (Wildman–Crippen MR) is 72.1 cm³/mol. The Kier molecular flexibility index (Phi) is 3.46. The molecule has 0 bridgehead atoms. The minimum absolute atomic E-state index is 0.835. The number of hydrogen-bond donors (Lipinski definition) is 1. The van der Waals surface area contributed by atoms with Crippen LogP contribution in [-0.2, 0) is 0 Å². The van der Waals surface area contributed by atoms with Crippen molar-refractivity contribution < 1.29 is 0 Å². The molecule has 1 aromatic carbocycles. The molecule has 1 nitrogen and oxygen atoms in total. The van der Waals surface area contributed by atoms with Crippen molar-refractivity contribution in [1.82, 2.24) is 5.32 Å². The van der Waals surface area contributed by atoms with Crippen molar-refractivity contribution in [2.45, 2.75) is 38.0 Å². The van der Waals surface area contributed by atoms with E-state index in [1.165, 1.54) is 45.2 Å². The summed E-state index contributed by atoms with van der Waals surface area (Å²) in [5, 5.41) is 3.51. The molecule has 1 heteroatoms. The second kappa shape index (κ2) is 5.22. The fourth-order valence-electron chi connectivity index (χ4n) is 3.73. The molecule has 92 valence electrons. The SMILES string of the molecule is c1ccc(C2CCC(C3CCNC3)CC2)cc1. The van der Waals surface area contributed by atoms with E-state index in [-0.39, 0.29) is 0 Å². The van der Waals surface area contributed by atoms with Gasteiger partial charge in [-0.25, -0.2) is 0 Å². The molecule has 17 heavy (non-hydrogen) atoms. The van der Waals surface area contributed by atoms with Crippen LogP contribution in [-0.4, -0.2) is 13.1 Å². The number of benzene rings is 1. The van der Waals surface area contributed by atoms with Gasteiger partial charge in [-0.15, -0.1) is 0 Å². The van der Waals surface area contributed by atoms with Gasteiger partial charge in [-0.1, -0.05) is 30.3 Å². The molecule has 0 radical (unpaired) electrons. The van der Waals surface area contributed by atoms with Gasteiger partial charge in [0.05, 0.1) is 0 Å². The summed E-state index contributed by atoms with van der Waals surface area (Å²) in [6, 6.07) is 11.1. The predicted octanol–water partition coefficient (Wildman–Crippen LogP) is 3.57. The van der Waals surface area contributed by atoms with Crippen LogP contribution >= 0.6 is 0 Å². The highest BCUT2D eigenvalue weighted by Gasteiger charge is 2.29. The van der Waals surface area contributed by atoms with Gasteiger partial charge in [-0.2, -0.15) is 0 Å². The van der Waals surface area contributed by atoms with E-state index in [2.05, 4.69) is 35.6 Å². The Morgan fingerprint density at radius 2 is 1.59 bits per heavy atom.